The van der Waals surface area contributed by atoms with Crippen molar-refractivity contribution in [3.8, 4) is 0 Å². The van der Waals surface area contributed by atoms with Gasteiger partial charge < -0.3 is 68.6 Å². The van der Waals surface area contributed by atoms with Crippen LogP contribution < -0.4 is 5.32 Å². The summed E-state index contributed by atoms with van der Waals surface area (Å²) in [5, 5.41) is 60.4. The van der Waals surface area contributed by atoms with Gasteiger partial charge in [-0.1, -0.05) is 27.7 Å². The first kappa shape index (κ1) is 55.0. The maximum atomic E-state index is 14.4. The summed E-state index contributed by atoms with van der Waals surface area (Å²) in [7, 11) is 6.49. The van der Waals surface area contributed by atoms with Crippen LogP contribution in [-0.2, 0) is 49.8 Å². The number of amides is 1. The first-order valence-corrected chi connectivity index (χ1v) is 23.2. The van der Waals surface area contributed by atoms with E-state index in [1.165, 1.54) is 28.1 Å². The summed E-state index contributed by atoms with van der Waals surface area (Å²) in [6, 6.07) is 2.12. The van der Waals surface area contributed by atoms with Gasteiger partial charge in [0.2, 0.25) is 0 Å². The Hall–Kier alpha value is -2.59. The molecule has 0 spiro atoms. The SMILES string of the molecule is CC[C@H]1OC(=O)[C@H](C)[C@@H](O[C@H]2C[C@@](C)(OC)[C@@H](O)[C@H](C)O2)[C@H](C)[C@@H](O[C@H]2O[C@H](C)C[C@H](N(C)CC(NC(=O)c3cccn3C)C(C)O)[C@H]2O)[C@](C)(OC)C[C@@H](C)C(=O)[C@H](C)[C@@H](O)[C@]1(C)O. The molecule has 4 heterocycles. The molecule has 374 valence electrons. The second-order valence-electron chi connectivity index (χ2n) is 19.9. The molecule has 2 unspecified atom stereocenters. The van der Waals surface area contributed by atoms with Crippen LogP contribution in [0, 0.1) is 23.7 Å². The molecule has 6 N–H and O–H groups in total. The fourth-order valence-corrected chi connectivity index (χ4v) is 10.2. The number of cyclic esters (lactones) is 1. The number of hydrogen-bond acceptors (Lipinski definition) is 16. The van der Waals surface area contributed by atoms with Gasteiger partial charge in [0.15, 0.2) is 12.6 Å². The summed E-state index contributed by atoms with van der Waals surface area (Å²) < 4.78 is 46.2. The third-order valence-electron chi connectivity index (χ3n) is 14.7. The molecule has 0 radical (unpaired) electrons. The van der Waals surface area contributed by atoms with Crippen LogP contribution in [0.5, 0.6) is 0 Å². The van der Waals surface area contributed by atoms with Gasteiger partial charge in [0.1, 0.15) is 35.4 Å². The molecular formula is C47H81N3O15. The maximum absolute atomic E-state index is 14.4. The first-order chi connectivity index (χ1) is 30.2. The summed E-state index contributed by atoms with van der Waals surface area (Å²) in [5.74, 6) is -5.27. The lowest BCUT2D eigenvalue weighted by molar-refractivity contribution is -0.319. The van der Waals surface area contributed by atoms with Crippen LogP contribution >= 0.6 is 0 Å². The predicted octanol–water partition coefficient (Wildman–Crippen LogP) is 2.33. The lowest BCUT2D eigenvalue weighted by Crippen LogP contribution is -2.62. The van der Waals surface area contributed by atoms with Crippen LogP contribution in [0.15, 0.2) is 18.3 Å². The van der Waals surface area contributed by atoms with Crippen molar-refractivity contribution in [1.29, 1.82) is 0 Å². The van der Waals surface area contributed by atoms with Gasteiger partial charge in [-0.25, -0.2) is 0 Å². The summed E-state index contributed by atoms with van der Waals surface area (Å²) in [4.78, 5) is 43.7. The quantitative estimate of drug-likeness (QED) is 0.156. The lowest BCUT2D eigenvalue weighted by Gasteiger charge is -2.50. The van der Waals surface area contributed by atoms with Crippen molar-refractivity contribution >= 4 is 17.7 Å². The van der Waals surface area contributed by atoms with Crippen LogP contribution in [0.2, 0.25) is 0 Å². The number of likely N-dealkylation sites (N-methyl/N-ethyl adjacent to an activating group) is 1. The Balaban J connectivity index is 1.79. The number of Topliss-reactive ketones (excluding diaryl/α,β-unsaturated/α-hetero) is 1. The number of nitrogens with one attached hydrogen (secondary N) is 1. The first-order valence-electron chi connectivity index (χ1n) is 23.2. The summed E-state index contributed by atoms with van der Waals surface area (Å²) in [5.41, 5.74) is -4.05. The lowest BCUT2D eigenvalue weighted by atomic mass is 9.74. The molecule has 3 aliphatic rings. The zero-order chi connectivity index (χ0) is 49.1. The molecule has 18 nitrogen and oxygen atoms in total. The van der Waals surface area contributed by atoms with Gasteiger partial charge >= 0.3 is 5.97 Å². The number of rotatable bonds is 13. The number of hydrogen-bond donors (Lipinski definition) is 6. The van der Waals surface area contributed by atoms with Crippen molar-refractivity contribution in [2.75, 3.05) is 27.8 Å². The van der Waals surface area contributed by atoms with E-state index in [0.29, 0.717) is 12.1 Å². The molecule has 0 aliphatic carbocycles. The van der Waals surface area contributed by atoms with Gasteiger partial charge in [-0.15, -0.1) is 0 Å². The normalized spacial score (nSPS) is 42.5. The third-order valence-corrected chi connectivity index (χ3v) is 14.7. The Morgan fingerprint density at radius 1 is 0.969 bits per heavy atom. The fourth-order valence-electron chi connectivity index (χ4n) is 10.2. The minimum atomic E-state index is -2.02. The number of carbonyl (C=O) groups excluding carboxylic acids is 3. The molecule has 3 aliphatic heterocycles. The number of aryl methyl sites for hydroxylation is 1. The molecule has 1 aromatic heterocycles. The fraction of sp³-hybridized carbons (Fsp3) is 0.851. The number of aromatic nitrogens is 1. The van der Waals surface area contributed by atoms with Gasteiger partial charge in [0, 0.05) is 64.2 Å². The van der Waals surface area contributed by atoms with Crippen LogP contribution in [0.1, 0.15) is 112 Å². The molecule has 0 aromatic carbocycles. The third kappa shape index (κ3) is 12.2. The average molecular weight is 928 g/mol. The highest BCUT2D eigenvalue weighted by Crippen LogP contribution is 2.42. The topological polar surface area (TPSA) is 237 Å². The number of carbonyl (C=O) groups is 3. The molecule has 0 bridgehead atoms. The second kappa shape index (κ2) is 22.2. The Morgan fingerprint density at radius 2 is 1.60 bits per heavy atom. The second-order valence-corrected chi connectivity index (χ2v) is 19.9. The zero-order valence-electron chi connectivity index (χ0n) is 41.3. The van der Waals surface area contributed by atoms with Gasteiger partial charge in [-0.05, 0) is 86.9 Å². The predicted molar refractivity (Wildman–Crippen MR) is 238 cm³/mol. The van der Waals surface area contributed by atoms with Crippen molar-refractivity contribution < 1.29 is 73.1 Å². The van der Waals surface area contributed by atoms with Crippen LogP contribution in [-0.4, -0.2) is 177 Å². The summed E-state index contributed by atoms with van der Waals surface area (Å²) >= 11 is 0. The number of ketones is 1. The number of esters is 1. The van der Waals surface area contributed by atoms with Crippen molar-refractivity contribution in [2.24, 2.45) is 30.7 Å². The molecule has 20 atom stereocenters. The van der Waals surface area contributed by atoms with E-state index in [9.17, 15) is 39.9 Å². The number of methoxy groups -OCH3 is 2. The van der Waals surface area contributed by atoms with Gasteiger partial charge in [-0.3, -0.25) is 19.3 Å². The summed E-state index contributed by atoms with van der Waals surface area (Å²) in [6.45, 7) is 18.5. The van der Waals surface area contributed by atoms with Gasteiger partial charge in [0.25, 0.3) is 5.91 Å². The van der Waals surface area contributed by atoms with E-state index in [-0.39, 0.29) is 37.5 Å². The van der Waals surface area contributed by atoms with Crippen LogP contribution in [0.4, 0.5) is 0 Å². The number of aliphatic hydroxyl groups excluding tert-OH is 4. The van der Waals surface area contributed by atoms with Gasteiger partial charge in [-0.2, -0.15) is 0 Å². The summed E-state index contributed by atoms with van der Waals surface area (Å²) in [6.07, 6.45) is -9.46. The molecule has 4 rings (SSSR count). The van der Waals surface area contributed by atoms with E-state index in [1.54, 1.807) is 92.4 Å². The van der Waals surface area contributed by atoms with E-state index >= 15 is 0 Å². The molecule has 3 fully saturated rings. The van der Waals surface area contributed by atoms with Crippen molar-refractivity contribution in [3.05, 3.63) is 24.0 Å². The molecule has 1 aromatic rings. The highest BCUT2D eigenvalue weighted by atomic mass is 16.7. The van der Waals surface area contributed by atoms with E-state index in [2.05, 4.69) is 5.32 Å². The smallest absolute Gasteiger partial charge is 0.311 e. The Labute approximate surface area is 385 Å². The standard InChI is InChI=1S/C47H81N3O15/c1-16-34-47(11,58)39(54)26(4)36(52)24(2)21-46(10,60-15)41(27(5)38(28(6)43(57)63-34)64-35-22-45(9,59-14)40(55)30(8)62-35)65-44-37(53)33(20-25(3)61-44)50(13)23-31(29(7)51)48-42(56)32-18-17-19-49(32)12/h17-19,24-31,33-35,37-41,44,51,53-55,58H,16,20-23H2,1-15H3,(H,48,56)/t24-,25-,26+,27+,28-,29?,30+,31?,33+,34-,35+,37-,38+,39-,40+,41-,44-,45-,46-,47-/m1/s1. The molecule has 65 heavy (non-hydrogen) atoms. The Morgan fingerprint density at radius 3 is 2.15 bits per heavy atom. The van der Waals surface area contributed by atoms with E-state index in [4.69, 9.17) is 33.2 Å². The average Bonchev–Trinajstić information content (AvgIpc) is 3.69. The van der Waals surface area contributed by atoms with E-state index < -0.39 is 126 Å². The Kier molecular flexibility index (Phi) is 18.8. The van der Waals surface area contributed by atoms with E-state index in [0.717, 1.165) is 0 Å². The van der Waals surface area contributed by atoms with Crippen LogP contribution in [0.3, 0.4) is 0 Å². The van der Waals surface area contributed by atoms with Crippen molar-refractivity contribution in [2.45, 2.75) is 198 Å². The highest BCUT2D eigenvalue weighted by Gasteiger charge is 2.54. The minimum Gasteiger partial charge on any atom is -0.459 e. The molecule has 1 amide bonds. The zero-order valence-corrected chi connectivity index (χ0v) is 41.3. The van der Waals surface area contributed by atoms with Crippen LogP contribution in [0.25, 0.3) is 0 Å². The van der Waals surface area contributed by atoms with E-state index in [1.807, 2.05) is 11.8 Å². The molecule has 0 saturated carbocycles. The Bertz CT molecular complexity index is 1730. The molecule has 3 saturated heterocycles. The monoisotopic (exact) mass is 928 g/mol. The number of ether oxygens (including phenoxy) is 7. The maximum Gasteiger partial charge on any atom is 0.311 e. The van der Waals surface area contributed by atoms with Crippen molar-refractivity contribution in [1.82, 2.24) is 14.8 Å². The minimum absolute atomic E-state index is 0.0306. The number of aliphatic hydroxyl groups is 5. The highest BCUT2D eigenvalue weighted by molar-refractivity contribution is 5.93. The number of nitrogens with zero attached hydrogens (tertiary/aromatic N) is 2. The largest absolute Gasteiger partial charge is 0.459 e. The molecule has 18 heteroatoms. The molecular weight excluding hydrogens is 847 g/mol. The van der Waals surface area contributed by atoms with Crippen molar-refractivity contribution in [3.63, 3.8) is 0 Å². The van der Waals surface area contributed by atoms with Gasteiger partial charge in [0.05, 0.1) is 59.8 Å².